The number of amides is 1. The van der Waals surface area contributed by atoms with Gasteiger partial charge in [0.1, 0.15) is 0 Å². The molecule has 6 heteroatoms. The molecular weight excluding hydrogens is 270 g/mol. The van der Waals surface area contributed by atoms with E-state index < -0.39 is 11.5 Å². The molecule has 0 aliphatic carbocycles. The summed E-state index contributed by atoms with van der Waals surface area (Å²) in [6, 6.07) is 3.92. The number of hydrogen-bond acceptors (Lipinski definition) is 4. The quantitative estimate of drug-likeness (QED) is 0.757. The third-order valence-corrected chi connectivity index (χ3v) is 4.41. The summed E-state index contributed by atoms with van der Waals surface area (Å²) < 4.78 is 1.11. The van der Waals surface area contributed by atoms with Crippen LogP contribution in [0.2, 0.25) is 0 Å². The van der Waals surface area contributed by atoms with E-state index in [2.05, 4.69) is 5.32 Å². The lowest BCUT2D eigenvalue weighted by atomic mass is 9.98. The molecule has 1 aromatic rings. The minimum atomic E-state index is -0.842. The number of thiophene rings is 1. The highest BCUT2D eigenvalue weighted by Crippen LogP contribution is 2.23. The second-order valence-corrected chi connectivity index (χ2v) is 6.77. The molecule has 0 aliphatic heterocycles. The van der Waals surface area contributed by atoms with E-state index in [1.807, 2.05) is 31.4 Å². The average molecular weight is 287 g/mol. The number of carbonyl (C=O) groups is 2. The molecular formula is C12H17NO3S2. The molecule has 0 aromatic carbocycles. The summed E-state index contributed by atoms with van der Waals surface area (Å²) in [6.07, 6.45) is 0.489. The van der Waals surface area contributed by atoms with Crippen molar-refractivity contribution in [1.29, 1.82) is 0 Å². The number of thioether (sulfide) groups is 1. The van der Waals surface area contributed by atoms with Gasteiger partial charge in [-0.25, -0.2) is 0 Å². The van der Waals surface area contributed by atoms with Crippen molar-refractivity contribution >= 4 is 35.0 Å². The van der Waals surface area contributed by atoms with Crippen molar-refractivity contribution in [2.45, 2.75) is 36.4 Å². The fraction of sp³-hybridized carbons (Fsp3) is 0.500. The van der Waals surface area contributed by atoms with Crippen molar-refractivity contribution in [3.05, 3.63) is 17.5 Å². The fourth-order valence-corrected chi connectivity index (χ4v) is 2.96. The van der Waals surface area contributed by atoms with Crippen LogP contribution in [0.25, 0.3) is 0 Å². The standard InChI is InChI=1S/C12H17NO3S2/c1-12(2,6-5-10(15)16)13-9(14)8-18-11-4-3-7-17-11/h3-4,7H,5-6,8H2,1-2H3,(H,13,14)(H,15,16). The van der Waals surface area contributed by atoms with Crippen molar-refractivity contribution < 1.29 is 14.7 Å². The third-order valence-electron chi connectivity index (χ3n) is 2.28. The van der Waals surface area contributed by atoms with Gasteiger partial charge >= 0.3 is 5.97 Å². The Hall–Kier alpha value is -1.01. The Morgan fingerprint density at radius 1 is 1.50 bits per heavy atom. The average Bonchev–Trinajstić information content (AvgIpc) is 2.76. The topological polar surface area (TPSA) is 66.4 Å². The second kappa shape index (κ2) is 6.80. The summed E-state index contributed by atoms with van der Waals surface area (Å²) in [5.41, 5.74) is -0.481. The van der Waals surface area contributed by atoms with Gasteiger partial charge in [0.15, 0.2) is 0 Å². The first kappa shape index (κ1) is 15.0. The lowest BCUT2D eigenvalue weighted by Gasteiger charge is -2.25. The maximum absolute atomic E-state index is 11.7. The Labute approximate surface area is 115 Å². The first-order chi connectivity index (χ1) is 8.39. The Bertz CT molecular complexity index is 401. The number of aliphatic carboxylic acids is 1. The van der Waals surface area contributed by atoms with Crippen LogP contribution in [-0.4, -0.2) is 28.3 Å². The fourth-order valence-electron chi connectivity index (χ4n) is 1.38. The molecule has 1 rings (SSSR count). The van der Waals surface area contributed by atoms with Gasteiger partial charge in [0.05, 0.1) is 9.96 Å². The zero-order valence-electron chi connectivity index (χ0n) is 10.4. The molecule has 100 valence electrons. The first-order valence-corrected chi connectivity index (χ1v) is 7.45. The van der Waals surface area contributed by atoms with Gasteiger partial charge in [-0.1, -0.05) is 6.07 Å². The summed E-state index contributed by atoms with van der Waals surface area (Å²) in [6.45, 7) is 3.67. The zero-order valence-corrected chi connectivity index (χ0v) is 12.1. The molecule has 18 heavy (non-hydrogen) atoms. The summed E-state index contributed by atoms with van der Waals surface area (Å²) in [5, 5.41) is 13.4. The van der Waals surface area contributed by atoms with Crippen LogP contribution in [-0.2, 0) is 9.59 Å². The molecule has 0 bridgehead atoms. The number of carbonyl (C=O) groups excluding carboxylic acids is 1. The molecule has 0 saturated heterocycles. The van der Waals surface area contributed by atoms with E-state index in [0.29, 0.717) is 12.2 Å². The predicted molar refractivity (Wildman–Crippen MR) is 74.1 cm³/mol. The van der Waals surface area contributed by atoms with Crippen LogP contribution in [0, 0.1) is 0 Å². The largest absolute Gasteiger partial charge is 0.481 e. The lowest BCUT2D eigenvalue weighted by Crippen LogP contribution is -2.44. The van der Waals surface area contributed by atoms with Gasteiger partial charge in [-0.15, -0.1) is 23.1 Å². The molecule has 0 aliphatic rings. The van der Waals surface area contributed by atoms with Gasteiger partial charge in [0.2, 0.25) is 5.91 Å². The van der Waals surface area contributed by atoms with Crippen LogP contribution in [0.3, 0.4) is 0 Å². The van der Waals surface area contributed by atoms with E-state index in [0.717, 1.165) is 4.21 Å². The van der Waals surface area contributed by atoms with Crippen molar-refractivity contribution in [2.75, 3.05) is 5.75 Å². The van der Waals surface area contributed by atoms with Crippen LogP contribution in [0.15, 0.2) is 21.7 Å². The predicted octanol–water partition coefficient (Wildman–Crippen LogP) is 2.60. The molecule has 0 radical (unpaired) electrons. The van der Waals surface area contributed by atoms with Gasteiger partial charge in [0, 0.05) is 12.0 Å². The van der Waals surface area contributed by atoms with Gasteiger partial charge in [-0.05, 0) is 31.7 Å². The zero-order chi connectivity index (χ0) is 13.6. The van der Waals surface area contributed by atoms with Crippen molar-refractivity contribution in [1.82, 2.24) is 5.32 Å². The van der Waals surface area contributed by atoms with Gasteiger partial charge < -0.3 is 10.4 Å². The Kier molecular flexibility index (Phi) is 5.68. The van der Waals surface area contributed by atoms with Crippen molar-refractivity contribution in [3.8, 4) is 0 Å². The summed E-state index contributed by atoms with van der Waals surface area (Å²) in [4.78, 5) is 22.2. The molecule has 0 saturated carbocycles. The normalized spacial score (nSPS) is 11.2. The van der Waals surface area contributed by atoms with Crippen LogP contribution < -0.4 is 5.32 Å². The van der Waals surface area contributed by atoms with E-state index in [9.17, 15) is 9.59 Å². The molecule has 2 N–H and O–H groups in total. The van der Waals surface area contributed by atoms with E-state index in [4.69, 9.17) is 5.11 Å². The molecule has 0 unspecified atom stereocenters. The summed E-state index contributed by atoms with van der Waals surface area (Å²) in [5.74, 6) is -0.550. The molecule has 1 heterocycles. The van der Waals surface area contributed by atoms with Crippen LogP contribution in [0.1, 0.15) is 26.7 Å². The van der Waals surface area contributed by atoms with Crippen LogP contribution in [0.4, 0.5) is 0 Å². The highest BCUT2D eigenvalue weighted by molar-refractivity contribution is 8.01. The lowest BCUT2D eigenvalue weighted by molar-refractivity contribution is -0.137. The second-order valence-electron chi connectivity index (χ2n) is 4.55. The van der Waals surface area contributed by atoms with Gasteiger partial charge in [-0.2, -0.15) is 0 Å². The van der Waals surface area contributed by atoms with Crippen LogP contribution >= 0.6 is 23.1 Å². The minimum Gasteiger partial charge on any atom is -0.481 e. The van der Waals surface area contributed by atoms with E-state index >= 15 is 0 Å². The maximum atomic E-state index is 11.7. The summed E-state index contributed by atoms with van der Waals surface area (Å²) >= 11 is 3.09. The monoisotopic (exact) mass is 287 g/mol. The number of rotatable bonds is 7. The SMILES string of the molecule is CC(C)(CCC(=O)O)NC(=O)CSc1cccs1. The molecule has 1 amide bonds. The Morgan fingerprint density at radius 2 is 2.22 bits per heavy atom. The number of nitrogens with one attached hydrogen (secondary N) is 1. The number of carboxylic acid groups (broad SMARTS) is 1. The third kappa shape index (κ3) is 6.07. The van der Waals surface area contributed by atoms with E-state index in [1.165, 1.54) is 11.8 Å². The first-order valence-electron chi connectivity index (χ1n) is 5.58. The maximum Gasteiger partial charge on any atom is 0.303 e. The molecule has 4 nitrogen and oxygen atoms in total. The number of hydrogen-bond donors (Lipinski definition) is 2. The highest BCUT2D eigenvalue weighted by atomic mass is 32.2. The molecule has 0 atom stereocenters. The molecule has 0 fully saturated rings. The van der Waals surface area contributed by atoms with Crippen molar-refractivity contribution in [2.24, 2.45) is 0 Å². The number of carboxylic acids is 1. The van der Waals surface area contributed by atoms with Crippen molar-refractivity contribution in [3.63, 3.8) is 0 Å². The minimum absolute atomic E-state index is 0.0609. The Morgan fingerprint density at radius 3 is 2.78 bits per heavy atom. The van der Waals surface area contributed by atoms with E-state index in [1.54, 1.807) is 11.3 Å². The van der Waals surface area contributed by atoms with Crippen LogP contribution in [0.5, 0.6) is 0 Å². The highest BCUT2D eigenvalue weighted by Gasteiger charge is 2.21. The Balaban J connectivity index is 2.31. The molecule has 1 aromatic heterocycles. The van der Waals surface area contributed by atoms with E-state index in [-0.39, 0.29) is 12.3 Å². The molecule has 0 spiro atoms. The smallest absolute Gasteiger partial charge is 0.303 e. The van der Waals surface area contributed by atoms with Gasteiger partial charge in [0.25, 0.3) is 0 Å². The van der Waals surface area contributed by atoms with Gasteiger partial charge in [-0.3, -0.25) is 9.59 Å². The summed E-state index contributed by atoms with van der Waals surface area (Å²) in [7, 11) is 0.